The molecule has 2 atom stereocenters. The fraction of sp³-hybridized carbons (Fsp3) is 0.308. The molecule has 172 valence electrons. The van der Waals surface area contributed by atoms with Gasteiger partial charge in [-0.3, -0.25) is 0 Å². The van der Waals surface area contributed by atoms with Crippen LogP contribution in [0.2, 0.25) is 0 Å². The first-order valence-corrected chi connectivity index (χ1v) is 10.8. The first kappa shape index (κ1) is 21.3. The van der Waals surface area contributed by atoms with E-state index >= 15 is 0 Å². The van der Waals surface area contributed by atoms with Gasteiger partial charge >= 0.3 is 0 Å². The molecule has 7 heteroatoms. The first-order valence-electron chi connectivity index (χ1n) is 10.8. The predicted octanol–water partition coefficient (Wildman–Crippen LogP) is 3.93. The van der Waals surface area contributed by atoms with Crippen LogP contribution in [-0.4, -0.2) is 42.8 Å². The summed E-state index contributed by atoms with van der Waals surface area (Å²) in [5, 5.41) is 31.2. The van der Waals surface area contributed by atoms with Gasteiger partial charge < -0.3 is 34.3 Å². The molecule has 0 aromatic heterocycles. The minimum atomic E-state index is -0.810. The number of aliphatic hydroxyl groups is 1. The number of methoxy groups -OCH3 is 3. The molecule has 7 nitrogen and oxygen atoms in total. The average Bonchev–Trinajstić information content (AvgIpc) is 2.83. The Labute approximate surface area is 191 Å². The van der Waals surface area contributed by atoms with Gasteiger partial charge in [-0.15, -0.1) is 0 Å². The fourth-order valence-electron chi connectivity index (χ4n) is 4.98. The second kappa shape index (κ2) is 8.08. The molecule has 0 saturated heterocycles. The summed E-state index contributed by atoms with van der Waals surface area (Å²) in [7, 11) is 4.54. The van der Waals surface area contributed by atoms with E-state index in [1.807, 2.05) is 12.1 Å². The van der Waals surface area contributed by atoms with E-state index in [0.717, 1.165) is 40.7 Å². The number of ether oxygens (including phenoxy) is 4. The molecule has 3 N–H and O–H groups in total. The predicted molar refractivity (Wildman–Crippen MR) is 122 cm³/mol. The normalized spacial score (nSPS) is 18.4. The molecule has 0 spiro atoms. The Kier molecular flexibility index (Phi) is 5.21. The Morgan fingerprint density at radius 3 is 2.21 bits per heavy atom. The zero-order valence-electron chi connectivity index (χ0n) is 18.7. The molecule has 2 aliphatic rings. The van der Waals surface area contributed by atoms with E-state index in [1.54, 1.807) is 31.4 Å². The van der Waals surface area contributed by atoms with E-state index in [2.05, 4.69) is 0 Å². The SMILES string of the molecule is COc1cc([C@H]2Oc3cc(OC)c4c(c3C[C@H]2O)CCc2cc(O)ccc2-4)cc(OC)c1O. The van der Waals surface area contributed by atoms with Gasteiger partial charge in [-0.25, -0.2) is 0 Å². The summed E-state index contributed by atoms with van der Waals surface area (Å²) in [6.07, 6.45) is 0.465. The molecule has 1 heterocycles. The van der Waals surface area contributed by atoms with Crippen molar-refractivity contribution in [1.29, 1.82) is 0 Å². The Balaban J connectivity index is 1.61. The number of phenolic OH excluding ortho intramolecular Hbond substituents is 2. The molecule has 1 aliphatic carbocycles. The molecule has 0 saturated carbocycles. The van der Waals surface area contributed by atoms with Crippen molar-refractivity contribution in [3.05, 3.63) is 58.7 Å². The van der Waals surface area contributed by atoms with E-state index in [-0.39, 0.29) is 23.0 Å². The van der Waals surface area contributed by atoms with Gasteiger partial charge in [0.1, 0.15) is 17.2 Å². The summed E-state index contributed by atoms with van der Waals surface area (Å²) in [6.45, 7) is 0. The van der Waals surface area contributed by atoms with Crippen LogP contribution in [0, 0.1) is 0 Å². The maximum atomic E-state index is 11.1. The smallest absolute Gasteiger partial charge is 0.200 e. The van der Waals surface area contributed by atoms with E-state index in [1.165, 1.54) is 14.2 Å². The highest BCUT2D eigenvalue weighted by atomic mass is 16.5. The Hall–Kier alpha value is -3.58. The minimum absolute atomic E-state index is 0.102. The molecule has 5 rings (SSSR count). The van der Waals surface area contributed by atoms with E-state index in [0.29, 0.717) is 23.5 Å². The molecular weight excluding hydrogens is 424 g/mol. The number of benzene rings is 3. The summed E-state index contributed by atoms with van der Waals surface area (Å²) < 4.78 is 22.6. The molecule has 3 aromatic carbocycles. The number of hydrogen-bond donors (Lipinski definition) is 3. The van der Waals surface area contributed by atoms with Crippen LogP contribution < -0.4 is 18.9 Å². The summed E-state index contributed by atoms with van der Waals surface area (Å²) in [5.74, 6) is 1.98. The number of fused-ring (bicyclic) bond motifs is 5. The standard InChI is InChI=1S/C26H26O7/c1-30-21-12-20-18(17-6-4-13-8-15(27)5-7-16(13)24(17)21)11-19(28)26(33-20)14-9-22(31-2)25(29)23(10-14)32-3/h5,7-10,12,19,26-29H,4,6,11H2,1-3H3/t19-,26-/m1/s1. The quantitative estimate of drug-likeness (QED) is 0.554. The fourth-order valence-corrected chi connectivity index (χ4v) is 4.98. The molecule has 0 radical (unpaired) electrons. The van der Waals surface area contributed by atoms with Crippen LogP contribution >= 0.6 is 0 Å². The topological polar surface area (TPSA) is 97.6 Å². The van der Waals surface area contributed by atoms with Gasteiger partial charge in [0.05, 0.1) is 27.4 Å². The summed E-state index contributed by atoms with van der Waals surface area (Å²) >= 11 is 0. The largest absolute Gasteiger partial charge is 0.508 e. The van der Waals surface area contributed by atoms with Crippen molar-refractivity contribution in [1.82, 2.24) is 0 Å². The molecule has 0 bridgehead atoms. The van der Waals surface area contributed by atoms with Crippen LogP contribution in [0.4, 0.5) is 0 Å². The highest BCUT2D eigenvalue weighted by molar-refractivity contribution is 5.82. The lowest BCUT2D eigenvalue weighted by molar-refractivity contribution is 0.0201. The van der Waals surface area contributed by atoms with Crippen LogP contribution in [0.15, 0.2) is 36.4 Å². The van der Waals surface area contributed by atoms with Gasteiger partial charge in [-0.2, -0.15) is 0 Å². The number of hydrogen-bond acceptors (Lipinski definition) is 7. The number of rotatable bonds is 4. The Bertz CT molecular complexity index is 1210. The molecular formula is C26H26O7. The lowest BCUT2D eigenvalue weighted by atomic mass is 9.80. The number of aromatic hydroxyl groups is 2. The summed E-state index contributed by atoms with van der Waals surface area (Å²) in [5.41, 5.74) is 5.78. The van der Waals surface area contributed by atoms with Gasteiger partial charge in [0.2, 0.25) is 5.75 Å². The number of aliphatic hydroxyl groups excluding tert-OH is 1. The zero-order chi connectivity index (χ0) is 23.3. The van der Waals surface area contributed by atoms with Crippen molar-refractivity contribution in [3.63, 3.8) is 0 Å². The van der Waals surface area contributed by atoms with Crippen LogP contribution in [0.1, 0.15) is 28.4 Å². The van der Waals surface area contributed by atoms with Crippen molar-refractivity contribution < 1.29 is 34.3 Å². The van der Waals surface area contributed by atoms with Gasteiger partial charge in [-0.05, 0) is 53.8 Å². The Morgan fingerprint density at radius 1 is 0.848 bits per heavy atom. The minimum Gasteiger partial charge on any atom is -0.508 e. The number of aryl methyl sites for hydroxylation is 1. The van der Waals surface area contributed by atoms with Crippen molar-refractivity contribution in [2.24, 2.45) is 0 Å². The van der Waals surface area contributed by atoms with Crippen LogP contribution in [-0.2, 0) is 19.3 Å². The molecule has 0 unspecified atom stereocenters. The van der Waals surface area contributed by atoms with E-state index < -0.39 is 12.2 Å². The number of phenols is 2. The third kappa shape index (κ3) is 3.40. The van der Waals surface area contributed by atoms with E-state index in [4.69, 9.17) is 18.9 Å². The molecule has 3 aromatic rings. The van der Waals surface area contributed by atoms with E-state index in [9.17, 15) is 15.3 Å². The lowest BCUT2D eigenvalue weighted by Crippen LogP contribution is -2.31. The van der Waals surface area contributed by atoms with Crippen LogP contribution in [0.25, 0.3) is 11.1 Å². The van der Waals surface area contributed by atoms with Crippen molar-refractivity contribution in [2.45, 2.75) is 31.5 Å². The second-order valence-corrected chi connectivity index (χ2v) is 8.33. The van der Waals surface area contributed by atoms with Crippen molar-refractivity contribution in [2.75, 3.05) is 21.3 Å². The average molecular weight is 450 g/mol. The molecule has 1 aliphatic heterocycles. The maximum absolute atomic E-state index is 11.1. The third-order valence-electron chi connectivity index (χ3n) is 6.54. The highest BCUT2D eigenvalue weighted by Gasteiger charge is 2.35. The summed E-state index contributed by atoms with van der Waals surface area (Å²) in [6, 6.07) is 10.5. The van der Waals surface area contributed by atoms with Crippen molar-refractivity contribution >= 4 is 0 Å². The molecule has 0 amide bonds. The van der Waals surface area contributed by atoms with Gasteiger partial charge in [-0.1, -0.05) is 6.07 Å². The lowest BCUT2D eigenvalue weighted by Gasteiger charge is -2.35. The van der Waals surface area contributed by atoms with Crippen LogP contribution in [0.3, 0.4) is 0 Å². The highest BCUT2D eigenvalue weighted by Crippen LogP contribution is 2.49. The van der Waals surface area contributed by atoms with Gasteiger partial charge in [0, 0.05) is 29.2 Å². The Morgan fingerprint density at radius 2 is 1.55 bits per heavy atom. The third-order valence-corrected chi connectivity index (χ3v) is 6.54. The maximum Gasteiger partial charge on any atom is 0.200 e. The van der Waals surface area contributed by atoms with Gasteiger partial charge in [0.15, 0.2) is 17.6 Å². The van der Waals surface area contributed by atoms with Crippen molar-refractivity contribution in [3.8, 4) is 45.6 Å². The first-order chi connectivity index (χ1) is 15.9. The summed E-state index contributed by atoms with van der Waals surface area (Å²) in [4.78, 5) is 0. The monoisotopic (exact) mass is 450 g/mol. The molecule has 33 heavy (non-hydrogen) atoms. The zero-order valence-corrected chi connectivity index (χ0v) is 18.7. The second-order valence-electron chi connectivity index (χ2n) is 8.33. The molecule has 0 fully saturated rings. The van der Waals surface area contributed by atoms with Gasteiger partial charge in [0.25, 0.3) is 0 Å². The van der Waals surface area contributed by atoms with Crippen LogP contribution in [0.5, 0.6) is 34.5 Å².